The minimum atomic E-state index is -0.894. The van der Waals surface area contributed by atoms with E-state index < -0.39 is 11.9 Å². The molecule has 1 atom stereocenters. The number of amides is 1. The molecule has 1 aromatic rings. The summed E-state index contributed by atoms with van der Waals surface area (Å²) in [6.45, 7) is 3.72. The minimum absolute atomic E-state index is 0.160. The van der Waals surface area contributed by atoms with Gasteiger partial charge in [-0.1, -0.05) is 26.2 Å². The zero-order chi connectivity index (χ0) is 16.3. The summed E-state index contributed by atoms with van der Waals surface area (Å²) in [4.78, 5) is 24.9. The number of carbonyl (C=O) groups is 2. The van der Waals surface area contributed by atoms with Gasteiger partial charge in [-0.15, -0.1) is 0 Å². The zero-order valence-electron chi connectivity index (χ0n) is 13.6. The highest BCUT2D eigenvalue weighted by molar-refractivity contribution is 5.95. The van der Waals surface area contributed by atoms with Gasteiger partial charge in [0.05, 0.1) is 23.7 Å². The van der Waals surface area contributed by atoms with Gasteiger partial charge < -0.3 is 10.0 Å². The van der Waals surface area contributed by atoms with Crippen molar-refractivity contribution < 1.29 is 14.7 Å². The highest BCUT2D eigenvalue weighted by Crippen LogP contribution is 2.29. The first-order valence-electron chi connectivity index (χ1n) is 7.94. The van der Waals surface area contributed by atoms with E-state index in [2.05, 4.69) is 5.10 Å². The smallest absolute Gasteiger partial charge is 0.308 e. The first-order chi connectivity index (χ1) is 10.4. The molecule has 22 heavy (non-hydrogen) atoms. The van der Waals surface area contributed by atoms with Crippen molar-refractivity contribution in [2.75, 3.05) is 13.6 Å². The maximum Gasteiger partial charge on any atom is 0.308 e. The summed E-state index contributed by atoms with van der Waals surface area (Å²) in [6.07, 6.45) is 7.54. The third-order valence-electron chi connectivity index (χ3n) is 4.51. The van der Waals surface area contributed by atoms with Crippen LogP contribution in [0.4, 0.5) is 0 Å². The van der Waals surface area contributed by atoms with Crippen molar-refractivity contribution in [2.45, 2.75) is 52.0 Å². The first-order valence-corrected chi connectivity index (χ1v) is 7.94. The fourth-order valence-electron chi connectivity index (χ4n) is 3.10. The lowest BCUT2D eigenvalue weighted by Gasteiger charge is -2.24. The summed E-state index contributed by atoms with van der Waals surface area (Å²) in [7, 11) is 1.64. The van der Waals surface area contributed by atoms with E-state index in [0.717, 1.165) is 18.5 Å². The molecule has 1 heterocycles. The molecule has 1 amide bonds. The Balaban J connectivity index is 2.10. The van der Waals surface area contributed by atoms with Gasteiger partial charge in [0.15, 0.2) is 0 Å². The van der Waals surface area contributed by atoms with Crippen LogP contribution in [0.5, 0.6) is 0 Å². The minimum Gasteiger partial charge on any atom is -0.481 e. The number of aliphatic carboxylic acids is 1. The van der Waals surface area contributed by atoms with Gasteiger partial charge in [-0.2, -0.15) is 5.10 Å². The van der Waals surface area contributed by atoms with Crippen LogP contribution in [0.3, 0.4) is 0 Å². The maximum absolute atomic E-state index is 12.5. The molecule has 0 saturated heterocycles. The molecule has 1 N–H and O–H groups in total. The molecule has 1 unspecified atom stereocenters. The average molecular weight is 307 g/mol. The fraction of sp³-hybridized carbons (Fsp3) is 0.688. The van der Waals surface area contributed by atoms with E-state index in [9.17, 15) is 9.59 Å². The lowest BCUT2D eigenvalue weighted by molar-refractivity contribution is -0.141. The summed E-state index contributed by atoms with van der Waals surface area (Å²) in [5.41, 5.74) is 1.46. The summed E-state index contributed by atoms with van der Waals surface area (Å²) in [6, 6.07) is 0.388. The van der Waals surface area contributed by atoms with Gasteiger partial charge in [0.2, 0.25) is 0 Å². The molecular formula is C16H25N3O3. The van der Waals surface area contributed by atoms with E-state index in [1.807, 2.05) is 11.6 Å². The molecule has 0 bridgehead atoms. The molecule has 1 saturated carbocycles. The van der Waals surface area contributed by atoms with E-state index >= 15 is 0 Å². The van der Waals surface area contributed by atoms with Crippen molar-refractivity contribution in [1.29, 1.82) is 0 Å². The van der Waals surface area contributed by atoms with Crippen LogP contribution in [-0.2, 0) is 4.79 Å². The predicted molar refractivity (Wildman–Crippen MR) is 82.8 cm³/mol. The monoisotopic (exact) mass is 307 g/mol. The second-order valence-corrected chi connectivity index (χ2v) is 6.31. The van der Waals surface area contributed by atoms with E-state index in [0.29, 0.717) is 11.6 Å². The van der Waals surface area contributed by atoms with Crippen LogP contribution in [0.25, 0.3) is 0 Å². The van der Waals surface area contributed by atoms with Crippen LogP contribution in [0.15, 0.2) is 6.20 Å². The predicted octanol–water partition coefficient (Wildman–Crippen LogP) is 2.49. The largest absolute Gasteiger partial charge is 0.481 e. The summed E-state index contributed by atoms with van der Waals surface area (Å²) < 4.78 is 1.97. The van der Waals surface area contributed by atoms with Crippen molar-refractivity contribution in [3.05, 3.63) is 17.5 Å². The standard InChI is InChI=1S/C16H25N3O3/c1-11(16(21)22)10-18(3)15(20)14-9-17-19(12(14)2)13-7-5-4-6-8-13/h9,11,13H,4-8,10H2,1-3H3,(H,21,22). The summed E-state index contributed by atoms with van der Waals surface area (Å²) >= 11 is 0. The summed E-state index contributed by atoms with van der Waals surface area (Å²) in [5, 5.41) is 13.4. The molecule has 0 radical (unpaired) electrons. The molecule has 0 aliphatic heterocycles. The third-order valence-corrected chi connectivity index (χ3v) is 4.51. The Hall–Kier alpha value is -1.85. The van der Waals surface area contributed by atoms with Crippen molar-refractivity contribution in [3.63, 3.8) is 0 Å². The first kappa shape index (κ1) is 16.5. The number of aromatic nitrogens is 2. The fourth-order valence-corrected chi connectivity index (χ4v) is 3.10. The Morgan fingerprint density at radius 3 is 2.64 bits per heavy atom. The number of nitrogens with zero attached hydrogens (tertiary/aromatic N) is 3. The number of carbonyl (C=O) groups excluding carboxylic acids is 1. The van der Waals surface area contributed by atoms with Gasteiger partial charge in [-0.05, 0) is 19.8 Å². The molecule has 2 rings (SSSR count). The molecule has 1 aliphatic carbocycles. The number of hydrogen-bond acceptors (Lipinski definition) is 3. The van der Waals surface area contributed by atoms with Crippen molar-refractivity contribution in [1.82, 2.24) is 14.7 Å². The molecule has 1 aromatic heterocycles. The van der Waals surface area contributed by atoms with Crippen molar-refractivity contribution >= 4 is 11.9 Å². The zero-order valence-corrected chi connectivity index (χ0v) is 13.6. The normalized spacial score (nSPS) is 17.2. The van der Waals surface area contributed by atoms with Crippen LogP contribution in [-0.4, -0.2) is 45.3 Å². The molecule has 1 aliphatic rings. The van der Waals surface area contributed by atoms with Gasteiger partial charge in [0, 0.05) is 19.3 Å². The number of rotatable bonds is 5. The van der Waals surface area contributed by atoms with Gasteiger partial charge in [-0.25, -0.2) is 0 Å². The molecule has 6 heteroatoms. The van der Waals surface area contributed by atoms with Crippen LogP contribution in [0.2, 0.25) is 0 Å². The van der Waals surface area contributed by atoms with Crippen LogP contribution >= 0.6 is 0 Å². The Morgan fingerprint density at radius 2 is 2.05 bits per heavy atom. The van der Waals surface area contributed by atoms with Crippen molar-refractivity contribution in [3.8, 4) is 0 Å². The highest BCUT2D eigenvalue weighted by atomic mass is 16.4. The SMILES string of the molecule is Cc1c(C(=O)N(C)CC(C)C(=O)O)cnn1C1CCCCC1. The number of carboxylic acid groups (broad SMARTS) is 1. The highest BCUT2D eigenvalue weighted by Gasteiger charge is 2.24. The lowest BCUT2D eigenvalue weighted by Crippen LogP contribution is -2.34. The number of hydrogen-bond donors (Lipinski definition) is 1. The lowest BCUT2D eigenvalue weighted by atomic mass is 9.95. The van der Waals surface area contributed by atoms with E-state index in [1.165, 1.54) is 24.2 Å². The third kappa shape index (κ3) is 3.48. The van der Waals surface area contributed by atoms with E-state index in [1.54, 1.807) is 20.2 Å². The quantitative estimate of drug-likeness (QED) is 0.907. The topological polar surface area (TPSA) is 75.4 Å². The summed E-state index contributed by atoms with van der Waals surface area (Å²) in [5.74, 6) is -1.63. The molecular weight excluding hydrogens is 282 g/mol. The van der Waals surface area contributed by atoms with Gasteiger partial charge in [0.1, 0.15) is 0 Å². The Bertz CT molecular complexity index is 547. The Labute approximate surface area is 131 Å². The van der Waals surface area contributed by atoms with Crippen molar-refractivity contribution in [2.24, 2.45) is 5.92 Å². The maximum atomic E-state index is 12.5. The molecule has 0 spiro atoms. The van der Waals surface area contributed by atoms with Crippen LogP contribution < -0.4 is 0 Å². The Morgan fingerprint density at radius 1 is 1.41 bits per heavy atom. The second-order valence-electron chi connectivity index (χ2n) is 6.31. The second kappa shape index (κ2) is 6.94. The van der Waals surface area contributed by atoms with Gasteiger partial charge in [0.25, 0.3) is 5.91 Å². The van der Waals surface area contributed by atoms with Crippen LogP contribution in [0, 0.1) is 12.8 Å². The molecule has 6 nitrogen and oxygen atoms in total. The average Bonchev–Trinajstić information content (AvgIpc) is 2.88. The number of carboxylic acids is 1. The van der Waals surface area contributed by atoms with E-state index in [4.69, 9.17) is 5.11 Å². The van der Waals surface area contributed by atoms with E-state index in [-0.39, 0.29) is 12.5 Å². The van der Waals surface area contributed by atoms with Gasteiger partial charge in [-0.3, -0.25) is 14.3 Å². The van der Waals surface area contributed by atoms with Crippen LogP contribution in [0.1, 0.15) is 61.1 Å². The molecule has 1 fully saturated rings. The van der Waals surface area contributed by atoms with Gasteiger partial charge >= 0.3 is 5.97 Å². The Kier molecular flexibility index (Phi) is 5.21. The molecule has 0 aromatic carbocycles. The molecule has 122 valence electrons.